The summed E-state index contributed by atoms with van der Waals surface area (Å²) < 4.78 is 1.91. The van der Waals surface area contributed by atoms with Gasteiger partial charge < -0.3 is 10.0 Å². The van der Waals surface area contributed by atoms with Gasteiger partial charge in [0.15, 0.2) is 5.69 Å². The second kappa shape index (κ2) is 6.88. The molecular formula is C23H21N3O3. The van der Waals surface area contributed by atoms with Crippen molar-refractivity contribution in [1.82, 2.24) is 14.7 Å². The average Bonchev–Trinajstić information content (AvgIpc) is 3.36. The van der Waals surface area contributed by atoms with Gasteiger partial charge in [-0.2, -0.15) is 5.10 Å². The molecule has 1 aliphatic heterocycles. The molecule has 5 rings (SSSR count). The Morgan fingerprint density at radius 2 is 1.79 bits per heavy atom. The zero-order valence-corrected chi connectivity index (χ0v) is 16.0. The van der Waals surface area contributed by atoms with Crippen molar-refractivity contribution in [3.63, 3.8) is 0 Å². The summed E-state index contributed by atoms with van der Waals surface area (Å²) in [6, 6.07) is 15.1. The number of benzene rings is 2. The molecular weight excluding hydrogens is 366 g/mol. The van der Waals surface area contributed by atoms with Crippen LogP contribution in [0.15, 0.2) is 48.5 Å². The first-order chi connectivity index (χ1) is 14.1. The summed E-state index contributed by atoms with van der Waals surface area (Å²) in [6.45, 7) is 1.04. The monoisotopic (exact) mass is 387 g/mol. The van der Waals surface area contributed by atoms with E-state index in [0.29, 0.717) is 18.8 Å². The van der Waals surface area contributed by atoms with Gasteiger partial charge in [0.05, 0.1) is 11.3 Å². The summed E-state index contributed by atoms with van der Waals surface area (Å²) in [5, 5.41) is 14.0. The van der Waals surface area contributed by atoms with E-state index in [1.54, 1.807) is 17.0 Å². The molecule has 0 saturated heterocycles. The molecule has 29 heavy (non-hydrogen) atoms. The van der Waals surface area contributed by atoms with Crippen LogP contribution in [0.3, 0.4) is 0 Å². The van der Waals surface area contributed by atoms with Crippen molar-refractivity contribution in [2.75, 3.05) is 6.54 Å². The standard InChI is InChI=1S/C23H21N3O3/c27-22(25-12-11-15-9-10-16(23(28)29)13-17(15)14-25)21-19-7-4-8-20(19)26(24-21)18-5-2-1-3-6-18/h1-3,5-6,9-10,13H,4,7-8,11-12,14H2,(H,28,29). The Balaban J connectivity index is 1.48. The average molecular weight is 387 g/mol. The third kappa shape index (κ3) is 3.01. The quantitative estimate of drug-likeness (QED) is 0.749. The zero-order valence-electron chi connectivity index (χ0n) is 16.0. The lowest BCUT2D eigenvalue weighted by Crippen LogP contribution is -2.36. The number of rotatable bonds is 3. The van der Waals surface area contributed by atoms with Gasteiger partial charge in [-0.05, 0) is 61.1 Å². The van der Waals surface area contributed by atoms with Crippen LogP contribution in [0.5, 0.6) is 0 Å². The van der Waals surface area contributed by atoms with E-state index in [4.69, 9.17) is 5.10 Å². The number of carboxylic acid groups (broad SMARTS) is 1. The predicted molar refractivity (Wildman–Crippen MR) is 107 cm³/mol. The van der Waals surface area contributed by atoms with Crippen molar-refractivity contribution in [3.8, 4) is 5.69 Å². The Hall–Kier alpha value is -3.41. The minimum atomic E-state index is -0.948. The molecule has 0 fully saturated rings. The molecule has 0 bridgehead atoms. The maximum absolute atomic E-state index is 13.4. The molecule has 2 aromatic carbocycles. The number of hydrogen-bond acceptors (Lipinski definition) is 3. The van der Waals surface area contributed by atoms with E-state index in [-0.39, 0.29) is 11.5 Å². The van der Waals surface area contributed by atoms with Crippen LogP contribution in [-0.2, 0) is 25.8 Å². The first-order valence-corrected chi connectivity index (χ1v) is 9.92. The van der Waals surface area contributed by atoms with Gasteiger partial charge in [0.2, 0.25) is 0 Å². The van der Waals surface area contributed by atoms with Crippen LogP contribution in [0, 0.1) is 0 Å². The third-order valence-corrected chi connectivity index (χ3v) is 5.89. The second-order valence-electron chi connectivity index (χ2n) is 7.64. The van der Waals surface area contributed by atoms with Crippen molar-refractivity contribution in [3.05, 3.63) is 82.2 Å². The molecule has 1 amide bonds. The van der Waals surface area contributed by atoms with Gasteiger partial charge in [0.1, 0.15) is 0 Å². The van der Waals surface area contributed by atoms with Crippen molar-refractivity contribution >= 4 is 11.9 Å². The summed E-state index contributed by atoms with van der Waals surface area (Å²) in [5.41, 5.74) is 5.98. The number of aromatic carboxylic acids is 1. The highest BCUT2D eigenvalue weighted by molar-refractivity contribution is 5.94. The molecule has 3 aromatic rings. The highest BCUT2D eigenvalue weighted by Gasteiger charge is 2.31. The number of amides is 1. The molecule has 0 saturated carbocycles. The molecule has 146 valence electrons. The van der Waals surface area contributed by atoms with Crippen molar-refractivity contribution in [2.45, 2.75) is 32.2 Å². The molecule has 2 heterocycles. The van der Waals surface area contributed by atoms with Crippen molar-refractivity contribution < 1.29 is 14.7 Å². The topological polar surface area (TPSA) is 75.4 Å². The fourth-order valence-electron chi connectivity index (χ4n) is 4.41. The van der Waals surface area contributed by atoms with Crippen LogP contribution in [0.2, 0.25) is 0 Å². The molecule has 1 aromatic heterocycles. The lowest BCUT2D eigenvalue weighted by molar-refractivity contribution is 0.0696. The van der Waals surface area contributed by atoms with Crippen LogP contribution in [-0.4, -0.2) is 38.2 Å². The normalized spacial score (nSPS) is 15.1. The van der Waals surface area contributed by atoms with E-state index in [2.05, 4.69) is 0 Å². The number of hydrogen-bond donors (Lipinski definition) is 1. The number of aromatic nitrogens is 2. The largest absolute Gasteiger partial charge is 0.478 e. The molecule has 0 atom stereocenters. The molecule has 2 aliphatic rings. The molecule has 6 nitrogen and oxygen atoms in total. The number of nitrogens with zero attached hydrogens (tertiary/aromatic N) is 3. The summed E-state index contributed by atoms with van der Waals surface area (Å²) in [7, 11) is 0. The van der Waals surface area contributed by atoms with Crippen LogP contribution < -0.4 is 0 Å². The van der Waals surface area contributed by atoms with Gasteiger partial charge in [-0.15, -0.1) is 0 Å². The molecule has 0 spiro atoms. The van der Waals surface area contributed by atoms with Crippen LogP contribution in [0.1, 0.15) is 49.7 Å². The number of carboxylic acids is 1. The molecule has 1 aliphatic carbocycles. The minimum Gasteiger partial charge on any atom is -0.478 e. The Bertz CT molecular complexity index is 1120. The van der Waals surface area contributed by atoms with Gasteiger partial charge in [-0.1, -0.05) is 24.3 Å². The van der Waals surface area contributed by atoms with Crippen LogP contribution in [0.25, 0.3) is 5.69 Å². The maximum atomic E-state index is 13.4. The number of fused-ring (bicyclic) bond motifs is 2. The summed E-state index contributed by atoms with van der Waals surface area (Å²) in [6.07, 6.45) is 3.56. The van der Waals surface area contributed by atoms with E-state index in [1.807, 2.05) is 41.1 Å². The number of carbonyl (C=O) groups is 2. The smallest absolute Gasteiger partial charge is 0.335 e. The summed E-state index contributed by atoms with van der Waals surface area (Å²) >= 11 is 0. The van der Waals surface area contributed by atoms with Gasteiger partial charge in [-0.25, -0.2) is 9.48 Å². The minimum absolute atomic E-state index is 0.0655. The van der Waals surface area contributed by atoms with Gasteiger partial charge in [0, 0.05) is 24.3 Å². The third-order valence-electron chi connectivity index (χ3n) is 5.89. The van der Waals surface area contributed by atoms with E-state index < -0.39 is 5.97 Å². The zero-order chi connectivity index (χ0) is 20.0. The summed E-state index contributed by atoms with van der Waals surface area (Å²) in [4.78, 5) is 26.5. The fourth-order valence-corrected chi connectivity index (χ4v) is 4.41. The molecule has 1 N–H and O–H groups in total. The van der Waals surface area contributed by atoms with Crippen LogP contribution in [0.4, 0.5) is 0 Å². The van der Waals surface area contributed by atoms with Crippen molar-refractivity contribution in [2.24, 2.45) is 0 Å². The summed E-state index contributed by atoms with van der Waals surface area (Å²) in [5.74, 6) is -1.01. The van der Waals surface area contributed by atoms with E-state index in [0.717, 1.165) is 53.8 Å². The van der Waals surface area contributed by atoms with E-state index in [1.165, 1.54) is 0 Å². The molecule has 0 radical (unpaired) electrons. The predicted octanol–water partition coefficient (Wildman–Crippen LogP) is 3.26. The van der Waals surface area contributed by atoms with E-state index in [9.17, 15) is 14.7 Å². The number of carbonyl (C=O) groups excluding carboxylic acids is 1. The van der Waals surface area contributed by atoms with Gasteiger partial charge in [-0.3, -0.25) is 4.79 Å². The second-order valence-corrected chi connectivity index (χ2v) is 7.64. The lowest BCUT2D eigenvalue weighted by Gasteiger charge is -2.28. The highest BCUT2D eigenvalue weighted by Crippen LogP contribution is 2.30. The van der Waals surface area contributed by atoms with E-state index >= 15 is 0 Å². The Morgan fingerprint density at radius 1 is 0.966 bits per heavy atom. The first-order valence-electron chi connectivity index (χ1n) is 9.92. The molecule has 6 heteroatoms. The lowest BCUT2D eigenvalue weighted by atomic mass is 9.97. The Morgan fingerprint density at radius 3 is 2.59 bits per heavy atom. The Labute approximate surface area is 168 Å². The maximum Gasteiger partial charge on any atom is 0.335 e. The highest BCUT2D eigenvalue weighted by atomic mass is 16.4. The number of para-hydroxylation sites is 1. The fraction of sp³-hybridized carbons (Fsp3) is 0.261. The van der Waals surface area contributed by atoms with Gasteiger partial charge >= 0.3 is 5.97 Å². The molecule has 0 unspecified atom stereocenters. The van der Waals surface area contributed by atoms with Gasteiger partial charge in [0.25, 0.3) is 5.91 Å². The Kier molecular flexibility index (Phi) is 4.19. The first kappa shape index (κ1) is 17.7. The SMILES string of the molecule is O=C(O)c1ccc2c(c1)CN(C(=O)c1nn(-c3ccccc3)c3c1CCC3)CC2. The van der Waals surface area contributed by atoms with Crippen molar-refractivity contribution in [1.29, 1.82) is 0 Å². The van der Waals surface area contributed by atoms with Crippen LogP contribution >= 0.6 is 0 Å².